The summed E-state index contributed by atoms with van der Waals surface area (Å²) in [6.45, 7) is 12.1. The van der Waals surface area contributed by atoms with Crippen molar-refractivity contribution in [3.63, 3.8) is 0 Å². The molecule has 1 aromatic carbocycles. The third kappa shape index (κ3) is 3.79. The number of piperazine rings is 1. The first-order chi connectivity index (χ1) is 15.8. The van der Waals surface area contributed by atoms with E-state index in [9.17, 15) is 9.59 Å². The first-order valence-corrected chi connectivity index (χ1v) is 11.9. The summed E-state index contributed by atoms with van der Waals surface area (Å²) in [5.41, 5.74) is 0.502. The molecule has 1 aromatic rings. The van der Waals surface area contributed by atoms with Gasteiger partial charge < -0.3 is 9.47 Å². The molecule has 0 N–H and O–H groups in total. The molecule has 33 heavy (non-hydrogen) atoms. The Balaban J connectivity index is 1.10. The molecule has 7 heteroatoms. The Hall–Kier alpha value is -2.56. The van der Waals surface area contributed by atoms with E-state index in [1.807, 2.05) is 13.0 Å². The average Bonchev–Trinajstić information content (AvgIpc) is 3.33. The van der Waals surface area contributed by atoms with Crippen LogP contribution in [0.3, 0.4) is 0 Å². The first-order valence-electron chi connectivity index (χ1n) is 11.9. The normalized spacial score (nSPS) is 28.7. The van der Waals surface area contributed by atoms with Gasteiger partial charge in [0.05, 0.1) is 18.5 Å². The largest absolute Gasteiger partial charge is 0.454 e. The van der Waals surface area contributed by atoms with Crippen LogP contribution in [0.5, 0.6) is 11.5 Å². The maximum Gasteiger partial charge on any atom is 0.236 e. The van der Waals surface area contributed by atoms with Crippen LogP contribution in [0.25, 0.3) is 0 Å². The van der Waals surface area contributed by atoms with Gasteiger partial charge in [0.15, 0.2) is 11.5 Å². The maximum absolute atomic E-state index is 13.1. The van der Waals surface area contributed by atoms with Crippen LogP contribution in [0.2, 0.25) is 0 Å². The fraction of sp³-hybridized carbons (Fsp3) is 0.615. The summed E-state index contributed by atoms with van der Waals surface area (Å²) >= 11 is 0. The van der Waals surface area contributed by atoms with Crippen molar-refractivity contribution in [1.29, 1.82) is 0 Å². The molecule has 2 bridgehead atoms. The lowest BCUT2D eigenvalue weighted by Gasteiger charge is -2.47. The molecule has 3 aliphatic heterocycles. The number of carbonyl (C=O) groups excluding carboxylic acids is 2. The molecule has 3 fully saturated rings. The molecule has 0 unspecified atom stereocenters. The minimum Gasteiger partial charge on any atom is -0.454 e. The predicted octanol–water partition coefficient (Wildman–Crippen LogP) is 2.35. The van der Waals surface area contributed by atoms with Crippen LogP contribution in [0.1, 0.15) is 39.2 Å². The number of fused-ring (bicyclic) bond motifs is 3. The van der Waals surface area contributed by atoms with E-state index in [2.05, 4.69) is 47.6 Å². The number of piperidine rings is 1. The molecule has 5 rings (SSSR count). The third-order valence-corrected chi connectivity index (χ3v) is 8.48. The summed E-state index contributed by atoms with van der Waals surface area (Å²) in [5, 5.41) is 0. The van der Waals surface area contributed by atoms with Crippen LogP contribution in [-0.2, 0) is 16.1 Å². The number of benzene rings is 1. The maximum atomic E-state index is 13.1. The van der Waals surface area contributed by atoms with Crippen molar-refractivity contribution in [2.24, 2.45) is 16.7 Å². The SMILES string of the molecule is CC1(C)[C@H]2CC[C@@]1(C)C(=O)N(CC#CCN1CCN(Cc3ccc4c(c3)OCO4)CC1)C2=O. The summed E-state index contributed by atoms with van der Waals surface area (Å²) < 4.78 is 10.9. The van der Waals surface area contributed by atoms with E-state index in [0.29, 0.717) is 13.3 Å². The summed E-state index contributed by atoms with van der Waals surface area (Å²) in [6.07, 6.45) is 1.59. The molecule has 4 aliphatic rings. The zero-order valence-electron chi connectivity index (χ0n) is 19.9. The van der Waals surface area contributed by atoms with Gasteiger partial charge in [-0.3, -0.25) is 24.3 Å². The molecule has 2 saturated heterocycles. The van der Waals surface area contributed by atoms with Gasteiger partial charge in [-0.25, -0.2) is 0 Å². The zero-order valence-corrected chi connectivity index (χ0v) is 19.9. The fourth-order valence-electron chi connectivity index (χ4n) is 5.76. The van der Waals surface area contributed by atoms with Crippen LogP contribution in [0.15, 0.2) is 18.2 Å². The van der Waals surface area contributed by atoms with Gasteiger partial charge in [0.2, 0.25) is 18.6 Å². The topological polar surface area (TPSA) is 62.3 Å². The molecule has 0 radical (unpaired) electrons. The Bertz CT molecular complexity index is 1020. The van der Waals surface area contributed by atoms with Crippen molar-refractivity contribution in [1.82, 2.24) is 14.7 Å². The quantitative estimate of drug-likeness (QED) is 0.517. The van der Waals surface area contributed by atoms with E-state index in [4.69, 9.17) is 9.47 Å². The van der Waals surface area contributed by atoms with Crippen LogP contribution in [-0.4, -0.2) is 72.6 Å². The number of ether oxygens (including phenoxy) is 2. The standard InChI is InChI=1S/C26H33N3O4/c1-25(2)20-8-9-26(25,3)24(31)29(23(20)30)11-5-4-10-27-12-14-28(15-13-27)17-19-6-7-21-22(16-19)33-18-32-21/h6-7,16,20H,8-15,17-18H2,1-3H3/t20-,26-/m0/s1. The molecule has 0 aromatic heterocycles. The monoisotopic (exact) mass is 451 g/mol. The van der Waals surface area contributed by atoms with Gasteiger partial charge in [-0.1, -0.05) is 38.7 Å². The Morgan fingerprint density at radius 2 is 1.67 bits per heavy atom. The average molecular weight is 452 g/mol. The van der Waals surface area contributed by atoms with Gasteiger partial charge in [0.25, 0.3) is 0 Å². The summed E-state index contributed by atoms with van der Waals surface area (Å²) in [4.78, 5) is 32.2. The molecule has 2 amide bonds. The summed E-state index contributed by atoms with van der Waals surface area (Å²) in [7, 11) is 0. The second kappa shape index (κ2) is 8.34. The van der Waals surface area contributed by atoms with Crippen LogP contribution < -0.4 is 9.47 Å². The predicted molar refractivity (Wildman–Crippen MR) is 123 cm³/mol. The number of carbonyl (C=O) groups is 2. The summed E-state index contributed by atoms with van der Waals surface area (Å²) in [6, 6.07) is 6.15. The second-order valence-electron chi connectivity index (χ2n) is 10.5. The van der Waals surface area contributed by atoms with Crippen molar-refractivity contribution >= 4 is 11.8 Å². The van der Waals surface area contributed by atoms with Gasteiger partial charge in [-0.15, -0.1) is 0 Å². The van der Waals surface area contributed by atoms with Gasteiger partial charge in [0.1, 0.15) is 0 Å². The van der Waals surface area contributed by atoms with Crippen molar-refractivity contribution in [2.75, 3.05) is 46.1 Å². The highest BCUT2D eigenvalue weighted by Gasteiger charge is 2.64. The molecule has 1 aliphatic carbocycles. The number of amides is 2. The second-order valence-corrected chi connectivity index (χ2v) is 10.5. The van der Waals surface area contributed by atoms with Crippen molar-refractivity contribution in [3.8, 4) is 23.3 Å². The lowest BCUT2D eigenvalue weighted by Crippen LogP contribution is -2.59. The highest BCUT2D eigenvalue weighted by Crippen LogP contribution is 2.59. The summed E-state index contributed by atoms with van der Waals surface area (Å²) in [5.74, 6) is 7.81. The Morgan fingerprint density at radius 3 is 2.45 bits per heavy atom. The first kappa shape index (κ1) is 22.2. The van der Waals surface area contributed by atoms with E-state index < -0.39 is 5.41 Å². The minimum absolute atomic E-state index is 0.0357. The van der Waals surface area contributed by atoms with Gasteiger partial charge in [-0.05, 0) is 36.0 Å². The molecular formula is C26H33N3O4. The number of hydrogen-bond donors (Lipinski definition) is 0. The van der Waals surface area contributed by atoms with E-state index >= 15 is 0 Å². The van der Waals surface area contributed by atoms with E-state index in [-0.39, 0.29) is 29.7 Å². The number of imide groups is 1. The minimum atomic E-state index is -0.457. The van der Waals surface area contributed by atoms with Gasteiger partial charge in [0, 0.05) is 38.6 Å². The Morgan fingerprint density at radius 1 is 0.970 bits per heavy atom. The Labute approximate surface area is 196 Å². The van der Waals surface area contributed by atoms with Gasteiger partial charge in [-0.2, -0.15) is 0 Å². The third-order valence-electron chi connectivity index (χ3n) is 8.48. The number of rotatable bonds is 4. The highest BCUT2D eigenvalue weighted by molar-refractivity contribution is 6.04. The van der Waals surface area contributed by atoms with Gasteiger partial charge >= 0.3 is 0 Å². The lowest BCUT2D eigenvalue weighted by molar-refractivity contribution is -0.166. The smallest absolute Gasteiger partial charge is 0.236 e. The Kier molecular flexibility index (Phi) is 5.62. The fourth-order valence-corrected chi connectivity index (χ4v) is 5.76. The van der Waals surface area contributed by atoms with Crippen molar-refractivity contribution in [2.45, 2.75) is 40.2 Å². The molecule has 3 heterocycles. The molecule has 7 nitrogen and oxygen atoms in total. The highest BCUT2D eigenvalue weighted by atomic mass is 16.7. The number of nitrogens with zero attached hydrogens (tertiary/aromatic N) is 3. The number of hydrogen-bond acceptors (Lipinski definition) is 6. The van der Waals surface area contributed by atoms with E-state index in [1.165, 1.54) is 10.5 Å². The van der Waals surface area contributed by atoms with Crippen LogP contribution in [0, 0.1) is 28.6 Å². The van der Waals surface area contributed by atoms with Crippen LogP contribution in [0.4, 0.5) is 0 Å². The van der Waals surface area contributed by atoms with Crippen molar-refractivity contribution in [3.05, 3.63) is 23.8 Å². The van der Waals surface area contributed by atoms with Crippen LogP contribution >= 0.6 is 0 Å². The number of likely N-dealkylation sites (tertiary alicyclic amines) is 1. The van der Waals surface area contributed by atoms with Crippen molar-refractivity contribution < 1.29 is 19.1 Å². The van der Waals surface area contributed by atoms with E-state index in [1.54, 1.807) is 0 Å². The lowest BCUT2D eigenvalue weighted by atomic mass is 9.62. The molecule has 176 valence electrons. The van der Waals surface area contributed by atoms with E-state index in [0.717, 1.165) is 57.1 Å². The molecular weight excluding hydrogens is 418 g/mol. The zero-order chi connectivity index (χ0) is 23.2. The molecule has 2 atom stereocenters. The molecule has 1 saturated carbocycles. The molecule has 0 spiro atoms.